The van der Waals surface area contributed by atoms with Gasteiger partial charge in [0.15, 0.2) is 5.96 Å². The van der Waals surface area contributed by atoms with Crippen LogP contribution in [0.4, 0.5) is 5.82 Å². The first-order valence-electron chi connectivity index (χ1n) is 6.80. The third-order valence-electron chi connectivity index (χ3n) is 2.63. The maximum Gasteiger partial charge on any atom is 0.191 e. The zero-order valence-corrected chi connectivity index (χ0v) is 16.4. The van der Waals surface area contributed by atoms with Crippen molar-refractivity contribution >= 4 is 47.5 Å². The predicted molar refractivity (Wildman–Crippen MR) is 105 cm³/mol. The van der Waals surface area contributed by atoms with Crippen LogP contribution in [0.25, 0.3) is 0 Å². The normalized spacial score (nSPS) is 10.8. The molecule has 1 aromatic heterocycles. The van der Waals surface area contributed by atoms with Gasteiger partial charge in [0.2, 0.25) is 0 Å². The van der Waals surface area contributed by atoms with Crippen LogP contribution in [0.2, 0.25) is 0 Å². The fourth-order valence-corrected chi connectivity index (χ4v) is 1.89. The molecule has 0 amide bonds. The smallest absolute Gasteiger partial charge is 0.191 e. The van der Waals surface area contributed by atoms with E-state index in [-0.39, 0.29) is 24.0 Å². The van der Waals surface area contributed by atoms with Gasteiger partial charge in [-0.05, 0) is 30.9 Å². The molecule has 1 rings (SSSR count). The molecule has 0 atom stereocenters. The minimum Gasteiger partial charge on any atom is -0.363 e. The molecule has 0 aliphatic heterocycles. The summed E-state index contributed by atoms with van der Waals surface area (Å²) in [6.07, 6.45) is 3.93. The number of pyridine rings is 1. The Bertz CT molecular complexity index is 426. The number of hydrogen-bond donors (Lipinski definition) is 2. The first-order valence-corrected chi connectivity index (χ1v) is 8.20. The van der Waals surface area contributed by atoms with Crippen LogP contribution in [0.1, 0.15) is 12.5 Å². The number of aromatic nitrogens is 1. The van der Waals surface area contributed by atoms with E-state index in [0.29, 0.717) is 6.54 Å². The van der Waals surface area contributed by atoms with Gasteiger partial charge in [-0.3, -0.25) is 0 Å². The van der Waals surface area contributed by atoms with Gasteiger partial charge in [0, 0.05) is 39.1 Å². The van der Waals surface area contributed by atoms with Crippen molar-refractivity contribution in [2.75, 3.05) is 44.1 Å². The van der Waals surface area contributed by atoms with E-state index in [2.05, 4.69) is 39.9 Å². The quantitative estimate of drug-likeness (QED) is 0.305. The molecule has 0 bridgehead atoms. The van der Waals surface area contributed by atoms with E-state index >= 15 is 0 Å². The zero-order valence-electron chi connectivity index (χ0n) is 13.2. The van der Waals surface area contributed by atoms with Crippen LogP contribution < -0.4 is 15.5 Å². The van der Waals surface area contributed by atoms with Gasteiger partial charge in [0.05, 0.1) is 6.54 Å². The molecule has 0 unspecified atom stereocenters. The van der Waals surface area contributed by atoms with Crippen molar-refractivity contribution in [3.05, 3.63) is 23.9 Å². The molecule has 0 radical (unpaired) electrons. The van der Waals surface area contributed by atoms with Crippen molar-refractivity contribution in [1.82, 2.24) is 15.6 Å². The van der Waals surface area contributed by atoms with Crippen LogP contribution in [-0.2, 0) is 6.54 Å². The molecule has 0 fully saturated rings. The third-order valence-corrected chi connectivity index (χ3v) is 3.24. The van der Waals surface area contributed by atoms with Gasteiger partial charge in [-0.1, -0.05) is 0 Å². The second-order valence-corrected chi connectivity index (χ2v) is 5.52. The highest BCUT2D eigenvalue weighted by Crippen LogP contribution is 2.10. The number of rotatable bonds is 7. The summed E-state index contributed by atoms with van der Waals surface area (Å²) in [5, 5.41) is 6.57. The number of aliphatic imine (C=N–C) groups is 1. The summed E-state index contributed by atoms with van der Waals surface area (Å²) in [6.45, 7) is 4.51. The number of anilines is 1. The second kappa shape index (κ2) is 11.9. The van der Waals surface area contributed by atoms with Gasteiger partial charge in [-0.15, -0.1) is 24.0 Å². The molecule has 5 nitrogen and oxygen atoms in total. The fourth-order valence-electron chi connectivity index (χ4n) is 1.59. The first-order chi connectivity index (χ1) is 9.67. The summed E-state index contributed by atoms with van der Waals surface area (Å²) in [7, 11) is 3.98. The van der Waals surface area contributed by atoms with Crippen molar-refractivity contribution in [2.24, 2.45) is 4.99 Å². The lowest BCUT2D eigenvalue weighted by atomic mass is 10.2. The Morgan fingerprint density at radius 2 is 2.14 bits per heavy atom. The molecule has 1 heterocycles. The minimum absolute atomic E-state index is 0. The number of guanidine groups is 1. The fraction of sp³-hybridized carbons (Fsp3) is 0.571. The van der Waals surface area contributed by atoms with Crippen LogP contribution in [0.5, 0.6) is 0 Å². The molecule has 120 valence electrons. The Kier molecular flexibility index (Phi) is 11.5. The van der Waals surface area contributed by atoms with Gasteiger partial charge in [0.25, 0.3) is 0 Å². The molecule has 0 saturated carbocycles. The van der Waals surface area contributed by atoms with Crippen LogP contribution in [0, 0.1) is 0 Å². The monoisotopic (exact) mass is 423 g/mol. The predicted octanol–water partition coefficient (Wildman–Crippen LogP) is 2.18. The Morgan fingerprint density at radius 1 is 1.38 bits per heavy atom. The van der Waals surface area contributed by atoms with Gasteiger partial charge >= 0.3 is 0 Å². The Balaban J connectivity index is 0.00000400. The van der Waals surface area contributed by atoms with Gasteiger partial charge in [-0.2, -0.15) is 11.8 Å². The number of halogens is 1. The number of nitrogens with zero attached hydrogens (tertiary/aromatic N) is 3. The Hall–Kier alpha value is -0.700. The van der Waals surface area contributed by atoms with E-state index in [4.69, 9.17) is 0 Å². The van der Waals surface area contributed by atoms with E-state index in [1.54, 1.807) is 0 Å². The van der Waals surface area contributed by atoms with Gasteiger partial charge in [0.1, 0.15) is 5.82 Å². The van der Waals surface area contributed by atoms with Gasteiger partial charge in [-0.25, -0.2) is 9.98 Å². The lowest BCUT2D eigenvalue weighted by Crippen LogP contribution is -2.38. The Morgan fingerprint density at radius 3 is 2.76 bits per heavy atom. The van der Waals surface area contributed by atoms with Crippen molar-refractivity contribution in [1.29, 1.82) is 0 Å². The van der Waals surface area contributed by atoms with E-state index in [1.807, 2.05) is 43.0 Å². The number of nitrogens with one attached hydrogen (secondary N) is 2. The molecule has 7 heteroatoms. The molecule has 0 aliphatic carbocycles. The van der Waals surface area contributed by atoms with E-state index in [9.17, 15) is 0 Å². The zero-order chi connectivity index (χ0) is 14.8. The van der Waals surface area contributed by atoms with Crippen molar-refractivity contribution < 1.29 is 0 Å². The lowest BCUT2D eigenvalue weighted by molar-refractivity contribution is 0.842. The molecular formula is C14H26IN5S. The van der Waals surface area contributed by atoms with Crippen LogP contribution in [0.3, 0.4) is 0 Å². The Labute approximate surface area is 149 Å². The maximum absolute atomic E-state index is 4.59. The standard InChI is InChI=1S/C14H25N5S.HI/c1-5-15-14(17-8-9-20-4)18-11-12-6-7-16-13(10-12)19(2)3;/h6-7,10H,5,8-9,11H2,1-4H3,(H2,15,17,18);1H. The second-order valence-electron chi connectivity index (χ2n) is 4.53. The van der Waals surface area contributed by atoms with Crippen molar-refractivity contribution in [3.63, 3.8) is 0 Å². The summed E-state index contributed by atoms with van der Waals surface area (Å²) < 4.78 is 0. The average molecular weight is 423 g/mol. The lowest BCUT2D eigenvalue weighted by Gasteiger charge is -2.12. The SMILES string of the molecule is CCNC(=NCc1ccnc(N(C)C)c1)NCCSC.I. The molecule has 0 aliphatic rings. The van der Waals surface area contributed by atoms with Crippen LogP contribution in [-0.4, -0.2) is 50.1 Å². The molecular weight excluding hydrogens is 397 g/mol. The molecule has 2 N–H and O–H groups in total. The average Bonchev–Trinajstić information content (AvgIpc) is 2.45. The van der Waals surface area contributed by atoms with Gasteiger partial charge < -0.3 is 15.5 Å². The minimum atomic E-state index is 0. The van der Waals surface area contributed by atoms with Crippen LogP contribution in [0.15, 0.2) is 23.3 Å². The highest BCUT2D eigenvalue weighted by atomic mass is 127. The highest BCUT2D eigenvalue weighted by molar-refractivity contribution is 14.0. The molecule has 1 aromatic rings. The number of thioether (sulfide) groups is 1. The van der Waals surface area contributed by atoms with Crippen molar-refractivity contribution in [2.45, 2.75) is 13.5 Å². The summed E-state index contributed by atoms with van der Waals surface area (Å²) in [6, 6.07) is 4.07. The largest absolute Gasteiger partial charge is 0.363 e. The summed E-state index contributed by atoms with van der Waals surface area (Å²) in [4.78, 5) is 10.9. The molecule has 0 saturated heterocycles. The third kappa shape index (κ3) is 8.35. The highest BCUT2D eigenvalue weighted by Gasteiger charge is 2.00. The molecule has 0 spiro atoms. The van der Waals surface area contributed by atoms with Crippen LogP contribution >= 0.6 is 35.7 Å². The topological polar surface area (TPSA) is 52.6 Å². The number of hydrogen-bond acceptors (Lipinski definition) is 4. The maximum atomic E-state index is 4.59. The van der Waals surface area contributed by atoms with Crippen molar-refractivity contribution in [3.8, 4) is 0 Å². The summed E-state index contributed by atoms with van der Waals surface area (Å²) >= 11 is 1.82. The molecule has 21 heavy (non-hydrogen) atoms. The summed E-state index contributed by atoms with van der Waals surface area (Å²) in [5.74, 6) is 2.90. The van der Waals surface area contributed by atoms with E-state index in [1.165, 1.54) is 0 Å². The van der Waals surface area contributed by atoms with E-state index in [0.717, 1.165) is 36.2 Å². The first kappa shape index (κ1) is 20.3. The van der Waals surface area contributed by atoms with E-state index < -0.39 is 0 Å². The summed E-state index contributed by atoms with van der Waals surface area (Å²) in [5.41, 5.74) is 1.16. The molecule has 0 aromatic carbocycles.